The molecule has 6 heteroatoms. The van der Waals surface area contributed by atoms with E-state index in [-0.39, 0.29) is 0 Å². The molecule has 0 unspecified atom stereocenters. The average Bonchev–Trinajstić information content (AvgIpc) is 2.32. The normalized spacial score (nSPS) is 11.6. The number of nitriles is 1. The van der Waals surface area contributed by atoms with Crippen molar-refractivity contribution in [2.45, 2.75) is 25.7 Å². The zero-order valence-corrected chi connectivity index (χ0v) is 13.9. The van der Waals surface area contributed by atoms with Gasteiger partial charge in [0.15, 0.2) is 0 Å². The van der Waals surface area contributed by atoms with Crippen LogP contribution in [0, 0.1) is 32.1 Å². The van der Waals surface area contributed by atoms with E-state index < -0.39 is 10.0 Å². The molecular formula is C14H20N2O2S2. The molecule has 0 saturated heterocycles. The molecule has 0 aliphatic heterocycles. The quantitative estimate of drug-likeness (QED) is 0.757. The Bertz CT molecular complexity index is 596. The van der Waals surface area contributed by atoms with E-state index in [0.717, 1.165) is 16.7 Å². The number of sulfonamides is 1. The van der Waals surface area contributed by atoms with Gasteiger partial charge in [0.1, 0.15) is 0 Å². The molecule has 0 aliphatic rings. The number of nitrogens with zero attached hydrogens (tertiary/aromatic N) is 2. The standard InChI is InChI=1S/C14H20N2O2S2/c1-11-9-12(2)14(13(3)10-11)20(17,18)16(4)6-8-19-7-5-15/h9-10H,6-8H2,1-4H3. The maximum atomic E-state index is 12.6. The lowest BCUT2D eigenvalue weighted by atomic mass is 10.1. The van der Waals surface area contributed by atoms with E-state index in [2.05, 4.69) is 0 Å². The van der Waals surface area contributed by atoms with E-state index in [4.69, 9.17) is 5.26 Å². The van der Waals surface area contributed by atoms with Gasteiger partial charge in [-0.1, -0.05) is 17.7 Å². The minimum absolute atomic E-state index is 0.385. The molecule has 0 atom stereocenters. The summed E-state index contributed by atoms with van der Waals surface area (Å²) in [6.45, 7) is 6.01. The molecule has 0 amide bonds. The third-order valence-electron chi connectivity index (χ3n) is 2.99. The fourth-order valence-corrected chi connectivity index (χ4v) is 4.49. The van der Waals surface area contributed by atoms with Crippen LogP contribution in [0.25, 0.3) is 0 Å². The maximum Gasteiger partial charge on any atom is 0.243 e. The van der Waals surface area contributed by atoms with Crippen LogP contribution in [0.3, 0.4) is 0 Å². The molecule has 1 rings (SSSR count). The number of hydrogen-bond donors (Lipinski definition) is 0. The summed E-state index contributed by atoms with van der Waals surface area (Å²) in [7, 11) is -1.88. The number of benzene rings is 1. The number of aryl methyl sites for hydroxylation is 3. The third-order valence-corrected chi connectivity index (χ3v) is 5.96. The van der Waals surface area contributed by atoms with Crippen LogP contribution < -0.4 is 0 Å². The highest BCUT2D eigenvalue weighted by Crippen LogP contribution is 2.24. The van der Waals surface area contributed by atoms with Crippen molar-refractivity contribution < 1.29 is 8.42 Å². The van der Waals surface area contributed by atoms with Crippen LogP contribution in [0.2, 0.25) is 0 Å². The summed E-state index contributed by atoms with van der Waals surface area (Å²) in [6, 6.07) is 5.81. The summed E-state index contributed by atoms with van der Waals surface area (Å²) in [5.74, 6) is 1.00. The third kappa shape index (κ3) is 3.98. The molecule has 0 bridgehead atoms. The first-order valence-corrected chi connectivity index (χ1v) is 8.89. The molecule has 0 fully saturated rings. The van der Waals surface area contributed by atoms with Gasteiger partial charge < -0.3 is 0 Å². The number of hydrogen-bond acceptors (Lipinski definition) is 4. The van der Waals surface area contributed by atoms with Gasteiger partial charge in [-0.15, -0.1) is 11.8 Å². The molecule has 0 N–H and O–H groups in total. The van der Waals surface area contributed by atoms with E-state index >= 15 is 0 Å². The zero-order chi connectivity index (χ0) is 15.3. The van der Waals surface area contributed by atoms with E-state index in [9.17, 15) is 8.42 Å². The van der Waals surface area contributed by atoms with Gasteiger partial charge in [-0.25, -0.2) is 12.7 Å². The highest BCUT2D eigenvalue weighted by atomic mass is 32.2. The minimum atomic E-state index is -3.47. The van der Waals surface area contributed by atoms with Crippen LogP contribution in [0.15, 0.2) is 17.0 Å². The molecule has 0 saturated carbocycles. The summed E-state index contributed by atoms with van der Waals surface area (Å²) < 4.78 is 26.6. The Kier molecular flexibility index (Phi) is 6.06. The van der Waals surface area contributed by atoms with Gasteiger partial charge >= 0.3 is 0 Å². The highest BCUT2D eigenvalue weighted by Gasteiger charge is 2.24. The Morgan fingerprint density at radius 3 is 2.30 bits per heavy atom. The topological polar surface area (TPSA) is 61.2 Å². The van der Waals surface area contributed by atoms with Gasteiger partial charge in [0, 0.05) is 19.3 Å². The average molecular weight is 312 g/mol. The smallest absolute Gasteiger partial charge is 0.207 e. The molecule has 0 heterocycles. The summed E-state index contributed by atoms with van der Waals surface area (Å²) in [5.41, 5.74) is 2.62. The van der Waals surface area contributed by atoms with Crippen molar-refractivity contribution in [1.29, 1.82) is 5.26 Å². The Morgan fingerprint density at radius 2 is 1.80 bits per heavy atom. The Balaban J connectivity index is 2.97. The van der Waals surface area contributed by atoms with Gasteiger partial charge in [0.25, 0.3) is 0 Å². The Labute approximate surface area is 125 Å². The maximum absolute atomic E-state index is 12.6. The number of thioether (sulfide) groups is 1. The SMILES string of the molecule is Cc1cc(C)c(S(=O)(=O)N(C)CCSCC#N)c(C)c1. The van der Waals surface area contributed by atoms with Crippen molar-refractivity contribution >= 4 is 21.8 Å². The van der Waals surface area contributed by atoms with Gasteiger partial charge in [-0.2, -0.15) is 5.26 Å². The first-order valence-electron chi connectivity index (χ1n) is 6.29. The molecule has 0 aliphatic carbocycles. The van der Waals surface area contributed by atoms with Gasteiger partial charge in [0.2, 0.25) is 10.0 Å². The molecule has 4 nitrogen and oxygen atoms in total. The Hall–Kier alpha value is -1.03. The predicted octanol–water partition coefficient (Wildman–Crippen LogP) is 2.49. The van der Waals surface area contributed by atoms with Crippen molar-refractivity contribution in [3.8, 4) is 6.07 Å². The largest absolute Gasteiger partial charge is 0.243 e. The van der Waals surface area contributed by atoms with Crippen molar-refractivity contribution in [3.63, 3.8) is 0 Å². The van der Waals surface area contributed by atoms with Crippen molar-refractivity contribution in [2.24, 2.45) is 0 Å². The highest BCUT2D eigenvalue weighted by molar-refractivity contribution is 7.99. The lowest BCUT2D eigenvalue weighted by Gasteiger charge is -2.20. The van der Waals surface area contributed by atoms with Crippen molar-refractivity contribution in [2.75, 3.05) is 25.1 Å². The van der Waals surface area contributed by atoms with Gasteiger partial charge in [0.05, 0.1) is 16.7 Å². The molecule has 0 aromatic heterocycles. The summed E-state index contributed by atoms with van der Waals surface area (Å²) in [6.07, 6.45) is 0. The molecule has 0 spiro atoms. The minimum Gasteiger partial charge on any atom is -0.207 e. The number of rotatable bonds is 6. The van der Waals surface area contributed by atoms with Crippen molar-refractivity contribution in [3.05, 3.63) is 28.8 Å². The van der Waals surface area contributed by atoms with E-state index in [1.165, 1.54) is 16.1 Å². The lowest BCUT2D eigenvalue weighted by Crippen LogP contribution is -2.30. The lowest BCUT2D eigenvalue weighted by molar-refractivity contribution is 0.487. The monoisotopic (exact) mass is 312 g/mol. The molecule has 0 radical (unpaired) electrons. The van der Waals surface area contributed by atoms with Crippen LogP contribution in [-0.2, 0) is 10.0 Å². The van der Waals surface area contributed by atoms with Crippen LogP contribution >= 0.6 is 11.8 Å². The molecule has 1 aromatic carbocycles. The summed E-state index contributed by atoms with van der Waals surface area (Å²) >= 11 is 1.44. The molecular weight excluding hydrogens is 292 g/mol. The first-order chi connectivity index (χ1) is 9.30. The van der Waals surface area contributed by atoms with E-state index in [0.29, 0.717) is 22.9 Å². The fourth-order valence-electron chi connectivity index (χ4n) is 2.16. The van der Waals surface area contributed by atoms with Crippen LogP contribution in [-0.4, -0.2) is 37.8 Å². The van der Waals surface area contributed by atoms with Crippen LogP contribution in [0.5, 0.6) is 0 Å². The molecule has 110 valence electrons. The first kappa shape index (κ1) is 17.0. The van der Waals surface area contributed by atoms with Crippen molar-refractivity contribution in [1.82, 2.24) is 4.31 Å². The van der Waals surface area contributed by atoms with Gasteiger partial charge in [-0.05, 0) is 31.9 Å². The molecule has 1 aromatic rings. The van der Waals surface area contributed by atoms with Crippen LogP contribution in [0.1, 0.15) is 16.7 Å². The summed E-state index contributed by atoms with van der Waals surface area (Å²) in [4.78, 5) is 0.399. The van der Waals surface area contributed by atoms with E-state index in [1.54, 1.807) is 7.05 Å². The second kappa shape index (κ2) is 7.11. The van der Waals surface area contributed by atoms with Crippen LogP contribution in [0.4, 0.5) is 0 Å². The second-order valence-corrected chi connectivity index (χ2v) is 7.85. The van der Waals surface area contributed by atoms with Gasteiger partial charge in [-0.3, -0.25) is 0 Å². The fraction of sp³-hybridized carbons (Fsp3) is 0.500. The van der Waals surface area contributed by atoms with E-state index in [1.807, 2.05) is 39.0 Å². The summed E-state index contributed by atoms with van der Waals surface area (Å²) in [5, 5.41) is 8.47. The molecule has 20 heavy (non-hydrogen) atoms. The zero-order valence-electron chi connectivity index (χ0n) is 12.3. The Morgan fingerprint density at radius 1 is 1.25 bits per heavy atom. The second-order valence-electron chi connectivity index (χ2n) is 4.77. The predicted molar refractivity (Wildman–Crippen MR) is 83.4 cm³/mol.